The van der Waals surface area contributed by atoms with Crippen molar-refractivity contribution in [3.05, 3.63) is 21.9 Å². The Morgan fingerprint density at radius 2 is 2.31 bits per heavy atom. The van der Waals surface area contributed by atoms with Crippen LogP contribution in [-0.4, -0.2) is 17.3 Å². The molecule has 1 unspecified atom stereocenters. The van der Waals surface area contributed by atoms with Crippen LogP contribution in [0, 0.1) is 0 Å². The lowest BCUT2D eigenvalue weighted by Gasteiger charge is -2.47. The summed E-state index contributed by atoms with van der Waals surface area (Å²) in [7, 11) is 0. The maximum atomic E-state index is 9.36. The van der Waals surface area contributed by atoms with E-state index in [-0.39, 0.29) is 17.6 Å². The van der Waals surface area contributed by atoms with Crippen molar-refractivity contribution in [2.45, 2.75) is 50.5 Å². The zero-order valence-corrected chi connectivity index (χ0v) is 10.9. The van der Waals surface area contributed by atoms with E-state index in [9.17, 15) is 5.11 Å². The first-order chi connectivity index (χ1) is 7.51. The molecule has 0 saturated carbocycles. The molecule has 2 nitrogen and oxygen atoms in total. The number of aliphatic hydroxyl groups is 1. The molecule has 1 atom stereocenters. The molecule has 2 rings (SSSR count). The Morgan fingerprint density at radius 1 is 1.56 bits per heavy atom. The predicted molar refractivity (Wildman–Crippen MR) is 68.9 cm³/mol. The molecule has 0 spiro atoms. The van der Waals surface area contributed by atoms with E-state index in [1.54, 1.807) is 0 Å². The summed E-state index contributed by atoms with van der Waals surface area (Å²) in [5, 5.41) is 11.5. The van der Waals surface area contributed by atoms with Crippen LogP contribution in [0.5, 0.6) is 0 Å². The van der Waals surface area contributed by atoms with Gasteiger partial charge < -0.3 is 10.8 Å². The van der Waals surface area contributed by atoms with Crippen molar-refractivity contribution < 1.29 is 5.11 Å². The zero-order valence-electron chi connectivity index (χ0n) is 10.1. The van der Waals surface area contributed by atoms with Crippen molar-refractivity contribution in [1.82, 2.24) is 0 Å². The summed E-state index contributed by atoms with van der Waals surface area (Å²) in [5.41, 5.74) is 7.49. The van der Waals surface area contributed by atoms with Crippen LogP contribution in [0.4, 0.5) is 0 Å². The average Bonchev–Trinajstić information content (AvgIpc) is 2.65. The van der Waals surface area contributed by atoms with Crippen molar-refractivity contribution in [2.24, 2.45) is 5.73 Å². The molecule has 1 aromatic heterocycles. The van der Waals surface area contributed by atoms with Crippen LogP contribution in [0.15, 0.2) is 11.4 Å². The van der Waals surface area contributed by atoms with Crippen LogP contribution in [0.2, 0.25) is 0 Å². The highest BCUT2D eigenvalue weighted by Gasteiger charge is 2.46. The normalized spacial score (nSPS) is 25.5. The van der Waals surface area contributed by atoms with E-state index in [0.717, 1.165) is 12.8 Å². The number of aliphatic hydroxyl groups excluding tert-OH is 1. The zero-order chi connectivity index (χ0) is 11.8. The van der Waals surface area contributed by atoms with Crippen molar-refractivity contribution >= 4 is 11.3 Å². The molecule has 1 aliphatic carbocycles. The van der Waals surface area contributed by atoms with E-state index in [1.165, 1.54) is 23.3 Å². The second-order valence-electron chi connectivity index (χ2n) is 5.39. The fourth-order valence-corrected chi connectivity index (χ4v) is 4.11. The number of fused-ring (bicyclic) bond motifs is 1. The Bertz CT molecular complexity index is 366. The lowest BCUT2D eigenvalue weighted by molar-refractivity contribution is 0.157. The molecule has 0 bridgehead atoms. The second kappa shape index (κ2) is 4.13. The third-order valence-corrected chi connectivity index (χ3v) is 5.02. The van der Waals surface area contributed by atoms with E-state index in [1.807, 2.05) is 11.3 Å². The molecule has 0 amide bonds. The summed E-state index contributed by atoms with van der Waals surface area (Å²) >= 11 is 1.83. The maximum Gasteiger partial charge on any atom is 0.0440 e. The quantitative estimate of drug-likeness (QED) is 0.851. The van der Waals surface area contributed by atoms with Gasteiger partial charge in [-0.05, 0) is 56.5 Å². The van der Waals surface area contributed by atoms with Crippen LogP contribution in [0.1, 0.15) is 43.6 Å². The number of rotatable bonds is 3. The molecule has 3 heteroatoms. The van der Waals surface area contributed by atoms with Gasteiger partial charge in [-0.3, -0.25) is 0 Å². The summed E-state index contributed by atoms with van der Waals surface area (Å²) in [6.07, 6.45) is 4.24. The summed E-state index contributed by atoms with van der Waals surface area (Å²) in [5.74, 6) is 0. The number of hydrogen-bond donors (Lipinski definition) is 2. The topological polar surface area (TPSA) is 46.2 Å². The lowest BCUT2D eigenvalue weighted by atomic mass is 9.60. The molecule has 0 saturated heterocycles. The van der Waals surface area contributed by atoms with Gasteiger partial charge in [0.2, 0.25) is 0 Å². The van der Waals surface area contributed by atoms with Crippen molar-refractivity contribution in [3.63, 3.8) is 0 Å². The smallest absolute Gasteiger partial charge is 0.0440 e. The van der Waals surface area contributed by atoms with Crippen LogP contribution in [-0.2, 0) is 11.8 Å². The molecule has 3 N–H and O–H groups in total. The first kappa shape index (κ1) is 12.1. The Morgan fingerprint density at radius 3 is 2.94 bits per heavy atom. The maximum absolute atomic E-state index is 9.36. The van der Waals surface area contributed by atoms with Gasteiger partial charge in [0.1, 0.15) is 0 Å². The van der Waals surface area contributed by atoms with Gasteiger partial charge in [0.25, 0.3) is 0 Å². The molecular weight excluding hydrogens is 218 g/mol. The van der Waals surface area contributed by atoms with Gasteiger partial charge in [-0.25, -0.2) is 0 Å². The molecule has 1 aromatic rings. The minimum Gasteiger partial charge on any atom is -0.396 e. The highest BCUT2D eigenvalue weighted by atomic mass is 32.1. The first-order valence-electron chi connectivity index (χ1n) is 5.98. The highest BCUT2D eigenvalue weighted by molar-refractivity contribution is 7.10. The number of hydrogen-bond acceptors (Lipinski definition) is 3. The minimum absolute atomic E-state index is 0.0324. The van der Waals surface area contributed by atoms with Gasteiger partial charge in [0, 0.05) is 22.4 Å². The Labute approximate surface area is 101 Å². The van der Waals surface area contributed by atoms with E-state index in [0.29, 0.717) is 0 Å². The van der Waals surface area contributed by atoms with Crippen LogP contribution in [0.3, 0.4) is 0 Å². The summed E-state index contributed by atoms with van der Waals surface area (Å²) in [4.78, 5) is 1.47. The molecular formula is C13H21NOS. The van der Waals surface area contributed by atoms with Gasteiger partial charge in [-0.1, -0.05) is 0 Å². The summed E-state index contributed by atoms with van der Waals surface area (Å²) in [6, 6.07) is 2.21. The lowest BCUT2D eigenvalue weighted by Crippen LogP contribution is -2.55. The molecule has 90 valence electrons. The third kappa shape index (κ3) is 1.71. The molecule has 0 aromatic carbocycles. The predicted octanol–water partition coefficient (Wildman–Crippen LogP) is 2.44. The summed E-state index contributed by atoms with van der Waals surface area (Å²) < 4.78 is 0. The number of aryl methyl sites for hydroxylation is 1. The van der Waals surface area contributed by atoms with Crippen LogP contribution in [0.25, 0.3) is 0 Å². The number of thiophene rings is 1. The van der Waals surface area contributed by atoms with E-state index in [4.69, 9.17) is 5.73 Å². The Balaban J connectivity index is 2.50. The summed E-state index contributed by atoms with van der Waals surface area (Å²) in [6.45, 7) is 4.40. The monoisotopic (exact) mass is 239 g/mol. The van der Waals surface area contributed by atoms with Gasteiger partial charge >= 0.3 is 0 Å². The van der Waals surface area contributed by atoms with Crippen molar-refractivity contribution in [3.8, 4) is 0 Å². The Kier molecular flexibility index (Phi) is 3.12. The van der Waals surface area contributed by atoms with Gasteiger partial charge in [-0.15, -0.1) is 11.3 Å². The van der Waals surface area contributed by atoms with Gasteiger partial charge in [-0.2, -0.15) is 0 Å². The molecule has 0 radical (unpaired) electrons. The van der Waals surface area contributed by atoms with Crippen molar-refractivity contribution in [2.75, 3.05) is 6.61 Å². The molecule has 0 aliphatic heterocycles. The van der Waals surface area contributed by atoms with Gasteiger partial charge in [0.15, 0.2) is 0 Å². The first-order valence-corrected chi connectivity index (χ1v) is 6.86. The van der Waals surface area contributed by atoms with Gasteiger partial charge in [0.05, 0.1) is 0 Å². The van der Waals surface area contributed by atoms with Crippen molar-refractivity contribution in [1.29, 1.82) is 0 Å². The van der Waals surface area contributed by atoms with Crippen LogP contribution >= 0.6 is 11.3 Å². The SMILES string of the molecule is CC(C)(N)C1(CCO)CCCc2sccc21. The standard InChI is InChI=1S/C13H21NOS/c1-12(2,14)13(7-8-15)6-3-4-11-10(13)5-9-16-11/h5,9,15H,3-4,6-8,14H2,1-2H3. The average molecular weight is 239 g/mol. The minimum atomic E-state index is -0.272. The molecule has 16 heavy (non-hydrogen) atoms. The molecule has 0 fully saturated rings. The highest BCUT2D eigenvalue weighted by Crippen LogP contribution is 2.47. The molecule has 1 aliphatic rings. The van der Waals surface area contributed by atoms with E-state index in [2.05, 4.69) is 25.3 Å². The molecule has 1 heterocycles. The Hall–Kier alpha value is -0.380. The second-order valence-corrected chi connectivity index (χ2v) is 6.39. The fraction of sp³-hybridized carbons (Fsp3) is 0.692. The van der Waals surface area contributed by atoms with E-state index < -0.39 is 0 Å². The number of nitrogens with two attached hydrogens (primary N) is 1. The largest absolute Gasteiger partial charge is 0.396 e. The van der Waals surface area contributed by atoms with Crippen LogP contribution < -0.4 is 5.73 Å². The van der Waals surface area contributed by atoms with E-state index >= 15 is 0 Å². The fourth-order valence-electron chi connectivity index (χ4n) is 3.09. The third-order valence-electron chi connectivity index (χ3n) is 4.04.